The molecule has 14 heavy (non-hydrogen) atoms. The average molecular weight is 331 g/mol. The summed E-state index contributed by atoms with van der Waals surface area (Å²) < 4.78 is 5.60. The van der Waals surface area contributed by atoms with Gasteiger partial charge in [0.2, 0.25) is 5.91 Å². The summed E-state index contributed by atoms with van der Waals surface area (Å²) in [6.07, 6.45) is 0. The molecule has 0 spiro atoms. The molecule has 0 aliphatic heterocycles. The molecule has 0 aromatic rings. The highest BCUT2D eigenvalue weighted by molar-refractivity contribution is 14.1. The van der Waals surface area contributed by atoms with Crippen LogP contribution in [-0.4, -0.2) is 41.0 Å². The van der Waals surface area contributed by atoms with Crippen LogP contribution in [0.2, 0.25) is 0 Å². The van der Waals surface area contributed by atoms with Crippen molar-refractivity contribution in [3.8, 4) is 0 Å². The van der Waals surface area contributed by atoms with Crippen molar-refractivity contribution in [2.45, 2.75) is 13.0 Å². The first-order valence-corrected chi connectivity index (χ1v) is 6.78. The van der Waals surface area contributed by atoms with Gasteiger partial charge in [0.25, 0.3) is 0 Å². The highest BCUT2D eigenvalue weighted by atomic mass is 127. The predicted octanol–water partition coefficient (Wildman–Crippen LogP) is 0.832. The molecule has 1 atom stereocenters. The van der Waals surface area contributed by atoms with E-state index in [0.717, 1.165) is 10.2 Å². The largest absolute Gasteiger partial charge is 0.467 e. The number of halogens is 1. The third kappa shape index (κ3) is 6.47. The lowest BCUT2D eigenvalue weighted by Gasteiger charge is -2.14. The van der Waals surface area contributed by atoms with Crippen LogP contribution in [0.4, 0.5) is 0 Å². The minimum atomic E-state index is -0.523. The van der Waals surface area contributed by atoms with Gasteiger partial charge in [-0.05, 0) is 0 Å². The van der Waals surface area contributed by atoms with Crippen LogP contribution in [0.3, 0.4) is 0 Å². The van der Waals surface area contributed by atoms with E-state index in [9.17, 15) is 9.59 Å². The van der Waals surface area contributed by atoms with Crippen molar-refractivity contribution >= 4 is 46.2 Å². The van der Waals surface area contributed by atoms with Crippen molar-refractivity contribution in [3.63, 3.8) is 0 Å². The average Bonchev–Trinajstić information content (AvgIpc) is 2.15. The number of carbonyl (C=O) groups is 2. The van der Waals surface area contributed by atoms with Gasteiger partial charge in [-0.15, -0.1) is 0 Å². The highest BCUT2D eigenvalue weighted by Gasteiger charge is 2.19. The van der Waals surface area contributed by atoms with Gasteiger partial charge >= 0.3 is 5.97 Å². The van der Waals surface area contributed by atoms with Crippen molar-refractivity contribution < 1.29 is 14.3 Å². The standard InChI is InChI=1S/C8H14INO3S/c1-6(11)10-7(8(12)13-2)5-14-4-3-9/h7H,3-5H2,1-2H3,(H,10,11)/t7-/m0/s1. The Morgan fingerprint density at radius 2 is 2.21 bits per heavy atom. The third-order valence-corrected chi connectivity index (χ3v) is 3.70. The lowest BCUT2D eigenvalue weighted by atomic mass is 10.3. The van der Waals surface area contributed by atoms with Gasteiger partial charge in [-0.25, -0.2) is 4.79 Å². The molecule has 0 aromatic heterocycles. The van der Waals surface area contributed by atoms with Crippen LogP contribution in [-0.2, 0) is 14.3 Å². The molecular formula is C8H14INO3S. The second-order valence-electron chi connectivity index (χ2n) is 2.54. The van der Waals surface area contributed by atoms with Crippen LogP contribution < -0.4 is 5.32 Å². The summed E-state index contributed by atoms with van der Waals surface area (Å²) in [4.78, 5) is 22.0. The van der Waals surface area contributed by atoms with Gasteiger partial charge in [-0.3, -0.25) is 4.79 Å². The Balaban J connectivity index is 3.97. The van der Waals surface area contributed by atoms with Crippen molar-refractivity contribution in [1.29, 1.82) is 0 Å². The first-order chi connectivity index (χ1) is 6.61. The van der Waals surface area contributed by atoms with Crippen molar-refractivity contribution in [3.05, 3.63) is 0 Å². The normalized spacial score (nSPS) is 11.9. The van der Waals surface area contributed by atoms with Crippen LogP contribution in [0.5, 0.6) is 0 Å². The summed E-state index contributed by atoms with van der Waals surface area (Å²) >= 11 is 3.89. The SMILES string of the molecule is COC(=O)[C@H](CSCCI)NC(C)=O. The monoisotopic (exact) mass is 331 g/mol. The summed E-state index contributed by atoms with van der Waals surface area (Å²) in [6, 6.07) is -0.523. The van der Waals surface area contributed by atoms with E-state index in [2.05, 4.69) is 32.6 Å². The molecule has 0 unspecified atom stereocenters. The van der Waals surface area contributed by atoms with E-state index in [4.69, 9.17) is 0 Å². The number of hydrogen-bond donors (Lipinski definition) is 1. The van der Waals surface area contributed by atoms with E-state index in [1.54, 1.807) is 11.8 Å². The second-order valence-corrected chi connectivity index (χ2v) is 4.77. The van der Waals surface area contributed by atoms with Crippen LogP contribution in [0.15, 0.2) is 0 Å². The molecule has 0 saturated carbocycles. The van der Waals surface area contributed by atoms with Crippen LogP contribution in [0.1, 0.15) is 6.92 Å². The molecule has 1 amide bonds. The van der Waals surface area contributed by atoms with E-state index < -0.39 is 6.04 Å². The van der Waals surface area contributed by atoms with Gasteiger partial charge in [-0.2, -0.15) is 11.8 Å². The zero-order valence-electron chi connectivity index (χ0n) is 8.21. The molecule has 1 N–H and O–H groups in total. The van der Waals surface area contributed by atoms with Gasteiger partial charge in [0.15, 0.2) is 0 Å². The Morgan fingerprint density at radius 3 is 2.64 bits per heavy atom. The Labute approximate surface area is 102 Å². The molecule has 0 aromatic carbocycles. The summed E-state index contributed by atoms with van der Waals surface area (Å²) in [5, 5.41) is 2.55. The quantitative estimate of drug-likeness (QED) is 0.339. The number of carbonyl (C=O) groups excluding carboxylic acids is 2. The van der Waals surface area contributed by atoms with E-state index in [-0.39, 0.29) is 11.9 Å². The summed E-state index contributed by atoms with van der Waals surface area (Å²) in [5.74, 6) is 0.930. The number of alkyl halides is 1. The predicted molar refractivity (Wildman–Crippen MR) is 65.8 cm³/mol. The molecule has 0 radical (unpaired) electrons. The Bertz CT molecular complexity index is 201. The van der Waals surface area contributed by atoms with E-state index in [0.29, 0.717) is 5.75 Å². The third-order valence-electron chi connectivity index (χ3n) is 1.37. The number of ether oxygens (including phenoxy) is 1. The van der Waals surface area contributed by atoms with E-state index in [1.807, 2.05) is 0 Å². The topological polar surface area (TPSA) is 55.4 Å². The molecule has 0 heterocycles. The Kier molecular flexibility index (Phi) is 8.35. The maximum Gasteiger partial charge on any atom is 0.329 e. The number of esters is 1. The first kappa shape index (κ1) is 14.0. The minimum Gasteiger partial charge on any atom is -0.467 e. The number of methoxy groups -OCH3 is 1. The molecule has 0 bridgehead atoms. The zero-order valence-corrected chi connectivity index (χ0v) is 11.2. The number of nitrogens with one attached hydrogen (secondary N) is 1. The molecular weight excluding hydrogens is 317 g/mol. The summed E-state index contributed by atoms with van der Waals surface area (Å²) in [5.41, 5.74) is 0. The zero-order chi connectivity index (χ0) is 11.0. The molecule has 82 valence electrons. The lowest BCUT2D eigenvalue weighted by Crippen LogP contribution is -2.42. The van der Waals surface area contributed by atoms with Crippen LogP contribution in [0.25, 0.3) is 0 Å². The fraction of sp³-hybridized carbons (Fsp3) is 0.750. The lowest BCUT2D eigenvalue weighted by molar-refractivity contribution is -0.144. The van der Waals surface area contributed by atoms with Crippen molar-refractivity contribution in [2.24, 2.45) is 0 Å². The molecule has 0 aliphatic rings. The van der Waals surface area contributed by atoms with Gasteiger partial charge in [-0.1, -0.05) is 22.6 Å². The fourth-order valence-corrected chi connectivity index (χ4v) is 2.48. The molecule has 6 heteroatoms. The van der Waals surface area contributed by atoms with E-state index in [1.165, 1.54) is 14.0 Å². The molecule has 0 rings (SSSR count). The smallest absolute Gasteiger partial charge is 0.329 e. The first-order valence-electron chi connectivity index (χ1n) is 4.10. The maximum absolute atomic E-state index is 11.2. The van der Waals surface area contributed by atoms with Gasteiger partial charge in [0.1, 0.15) is 6.04 Å². The van der Waals surface area contributed by atoms with Gasteiger partial charge < -0.3 is 10.1 Å². The molecule has 0 aliphatic carbocycles. The molecule has 4 nitrogen and oxygen atoms in total. The molecule has 0 fully saturated rings. The summed E-state index contributed by atoms with van der Waals surface area (Å²) in [7, 11) is 1.32. The Morgan fingerprint density at radius 1 is 1.57 bits per heavy atom. The minimum absolute atomic E-state index is 0.213. The van der Waals surface area contributed by atoms with Gasteiger partial charge in [0, 0.05) is 22.9 Å². The number of thioether (sulfide) groups is 1. The van der Waals surface area contributed by atoms with Crippen molar-refractivity contribution in [1.82, 2.24) is 5.32 Å². The number of amides is 1. The fourth-order valence-electron chi connectivity index (χ4n) is 0.812. The van der Waals surface area contributed by atoms with Crippen molar-refractivity contribution in [2.75, 3.05) is 23.0 Å². The van der Waals surface area contributed by atoms with Crippen LogP contribution in [0, 0.1) is 0 Å². The molecule has 0 saturated heterocycles. The van der Waals surface area contributed by atoms with Crippen LogP contribution >= 0.6 is 34.4 Å². The number of rotatable bonds is 6. The second kappa shape index (κ2) is 8.34. The highest BCUT2D eigenvalue weighted by Crippen LogP contribution is 2.05. The van der Waals surface area contributed by atoms with Gasteiger partial charge in [0.05, 0.1) is 7.11 Å². The maximum atomic E-state index is 11.2. The van der Waals surface area contributed by atoms with E-state index >= 15 is 0 Å². The summed E-state index contributed by atoms with van der Waals surface area (Å²) in [6.45, 7) is 1.39. The number of hydrogen-bond acceptors (Lipinski definition) is 4. The Hall–Kier alpha value is 0.0200.